The third-order valence-corrected chi connectivity index (χ3v) is 1.73. The number of hydrogen-bond donors (Lipinski definition) is 1. The smallest absolute Gasteiger partial charge is 0.0830 e. The van der Waals surface area contributed by atoms with Gasteiger partial charge in [-0.15, -0.1) is 0 Å². The van der Waals surface area contributed by atoms with E-state index in [2.05, 4.69) is 49.9 Å². The minimum absolute atomic E-state index is 0.547. The van der Waals surface area contributed by atoms with E-state index in [1.165, 1.54) is 6.21 Å². The van der Waals surface area contributed by atoms with Crippen LogP contribution in [0, 0.1) is 0 Å². The van der Waals surface area contributed by atoms with Gasteiger partial charge >= 0.3 is 0 Å². The van der Waals surface area contributed by atoms with E-state index in [1.54, 1.807) is 18.2 Å². The van der Waals surface area contributed by atoms with E-state index in [1.807, 2.05) is 0 Å². The van der Waals surface area contributed by atoms with E-state index >= 15 is 0 Å². The summed E-state index contributed by atoms with van der Waals surface area (Å²) in [6.07, 6.45) is 1.23. The first-order valence-corrected chi connectivity index (χ1v) is 4.60. The molecule has 0 aliphatic carbocycles. The molecule has 0 atom stereocenters. The molecule has 1 rings (SSSR count). The van der Waals surface area contributed by atoms with Crippen molar-refractivity contribution in [2.75, 3.05) is 0 Å². The van der Waals surface area contributed by atoms with E-state index in [0.29, 0.717) is 16.9 Å². The van der Waals surface area contributed by atoms with Crippen LogP contribution in [-0.4, -0.2) is 21.7 Å². The Morgan fingerprint density at radius 1 is 1.20 bits per heavy atom. The maximum absolute atomic E-state index is 8.45. The molecular weight excluding hydrogens is 230 g/mol. The van der Waals surface area contributed by atoms with Gasteiger partial charge in [0.15, 0.2) is 0 Å². The van der Waals surface area contributed by atoms with Gasteiger partial charge in [-0.3, -0.25) is 0 Å². The summed E-state index contributed by atoms with van der Waals surface area (Å²) in [5, 5.41) is 15.8. The first-order valence-electron chi connectivity index (χ1n) is 3.79. The summed E-state index contributed by atoms with van der Waals surface area (Å²) in [4.78, 5) is 7.59. The van der Waals surface area contributed by atoms with Crippen LogP contribution in [0.15, 0.2) is 33.3 Å². The topological polar surface area (TPSA) is 57.3 Å². The molecule has 0 spiro atoms. The Kier molecular flexibility index (Phi) is 4.47. The number of benzene rings is 1. The Morgan fingerprint density at radius 2 is 1.93 bits per heavy atom. The maximum Gasteiger partial charge on any atom is 0.0830 e. The van der Waals surface area contributed by atoms with Crippen molar-refractivity contribution in [1.29, 1.82) is 0 Å². The van der Waals surface area contributed by atoms with Gasteiger partial charge < -0.3 is 5.21 Å². The zero-order valence-electron chi connectivity index (χ0n) is 7.41. The van der Waals surface area contributed by atoms with E-state index in [0.717, 1.165) is 0 Å². The lowest BCUT2D eigenvalue weighted by atomic mass is 10.2. The molecule has 1 aromatic carbocycles. The van der Waals surface area contributed by atoms with Crippen LogP contribution < -0.4 is 0 Å². The van der Waals surface area contributed by atoms with Crippen molar-refractivity contribution in [2.45, 2.75) is 0 Å². The summed E-state index contributed by atoms with van der Waals surface area (Å²) < 4.78 is 0. The first-order chi connectivity index (χ1) is 7.31. The number of thiocarbonyl (C=S) groups is 2. The van der Waals surface area contributed by atoms with Crippen LogP contribution in [-0.2, 0) is 0 Å². The second-order valence-electron chi connectivity index (χ2n) is 2.39. The number of rotatable bonds is 3. The fraction of sp³-hybridized carbons (Fsp3) is 0. The van der Waals surface area contributed by atoms with E-state index < -0.39 is 0 Å². The van der Waals surface area contributed by atoms with Gasteiger partial charge in [0, 0.05) is 5.56 Å². The number of oxime groups is 1. The van der Waals surface area contributed by atoms with Gasteiger partial charge in [-0.25, -0.2) is 0 Å². The number of hydrogen-bond acceptors (Lipinski definition) is 6. The fourth-order valence-electron chi connectivity index (χ4n) is 0.981. The Balaban J connectivity index is 3.31. The minimum atomic E-state index is 0.547. The normalized spacial score (nSPS) is 9.33. The molecule has 0 saturated carbocycles. The van der Waals surface area contributed by atoms with Gasteiger partial charge in [0.2, 0.25) is 0 Å². The van der Waals surface area contributed by atoms with Crippen LogP contribution in [0.2, 0.25) is 0 Å². The maximum atomic E-state index is 8.45. The van der Waals surface area contributed by atoms with Crippen molar-refractivity contribution in [3.63, 3.8) is 0 Å². The Hall–Kier alpha value is -1.71. The van der Waals surface area contributed by atoms with Gasteiger partial charge in [0.1, 0.15) is 0 Å². The first kappa shape index (κ1) is 11.4. The largest absolute Gasteiger partial charge is 0.411 e. The molecule has 0 heterocycles. The summed E-state index contributed by atoms with van der Waals surface area (Å²) >= 11 is 8.96. The van der Waals surface area contributed by atoms with E-state index in [4.69, 9.17) is 5.21 Å². The number of nitrogens with zero attached hydrogens (tertiary/aromatic N) is 3. The van der Waals surface area contributed by atoms with Crippen LogP contribution in [0.3, 0.4) is 0 Å². The Morgan fingerprint density at radius 3 is 2.53 bits per heavy atom. The molecule has 74 valence electrons. The Labute approximate surface area is 96.7 Å². The molecule has 0 amide bonds. The molecule has 15 heavy (non-hydrogen) atoms. The Bertz CT molecular complexity index is 486. The second-order valence-corrected chi connectivity index (χ2v) is 2.76. The van der Waals surface area contributed by atoms with Crippen molar-refractivity contribution in [3.8, 4) is 0 Å². The third-order valence-electron chi connectivity index (χ3n) is 1.55. The molecule has 0 aliphatic rings. The summed E-state index contributed by atoms with van der Waals surface area (Å²) in [6.45, 7) is 0. The minimum Gasteiger partial charge on any atom is -0.411 e. The molecule has 6 heteroatoms. The van der Waals surface area contributed by atoms with Crippen molar-refractivity contribution in [3.05, 3.63) is 23.8 Å². The number of aliphatic imine (C=N–C) groups is 2. The third kappa shape index (κ3) is 3.16. The van der Waals surface area contributed by atoms with Gasteiger partial charge in [-0.1, -0.05) is 5.16 Å². The van der Waals surface area contributed by atoms with E-state index in [9.17, 15) is 0 Å². The zero-order valence-corrected chi connectivity index (χ0v) is 9.05. The summed E-state index contributed by atoms with van der Waals surface area (Å²) in [7, 11) is 0. The highest BCUT2D eigenvalue weighted by molar-refractivity contribution is 7.78. The molecule has 0 bridgehead atoms. The SMILES string of the molecule is O/N=C/c1cc(N=C=S)ccc1N=C=S. The lowest BCUT2D eigenvalue weighted by molar-refractivity contribution is 0.322. The summed E-state index contributed by atoms with van der Waals surface area (Å²) in [5.74, 6) is 0. The van der Waals surface area contributed by atoms with Crippen LogP contribution in [0.25, 0.3) is 0 Å². The highest BCUT2D eigenvalue weighted by atomic mass is 32.1. The molecular formula is C9H5N3OS2. The average Bonchev–Trinajstić information content (AvgIpc) is 2.23. The quantitative estimate of drug-likeness (QED) is 0.379. The summed E-state index contributed by atoms with van der Waals surface area (Å²) in [5.41, 5.74) is 1.72. The van der Waals surface area contributed by atoms with E-state index in [-0.39, 0.29) is 0 Å². The van der Waals surface area contributed by atoms with Gasteiger partial charge in [-0.2, -0.15) is 9.98 Å². The molecule has 0 unspecified atom stereocenters. The lowest BCUT2D eigenvalue weighted by Gasteiger charge is -1.98. The molecule has 0 radical (unpaired) electrons. The molecule has 1 N–H and O–H groups in total. The van der Waals surface area contributed by atoms with Gasteiger partial charge in [-0.05, 0) is 42.6 Å². The van der Waals surface area contributed by atoms with Crippen LogP contribution in [0.4, 0.5) is 11.4 Å². The molecule has 4 nitrogen and oxygen atoms in total. The van der Waals surface area contributed by atoms with Crippen LogP contribution in [0.1, 0.15) is 5.56 Å². The van der Waals surface area contributed by atoms with Gasteiger partial charge in [0.25, 0.3) is 0 Å². The second kappa shape index (κ2) is 5.90. The highest BCUT2D eigenvalue weighted by Gasteiger charge is 2.00. The van der Waals surface area contributed by atoms with Crippen LogP contribution in [0.5, 0.6) is 0 Å². The predicted octanol–water partition coefficient (Wildman–Crippen LogP) is 2.96. The number of isothiocyanates is 2. The molecule has 0 aromatic heterocycles. The monoisotopic (exact) mass is 235 g/mol. The average molecular weight is 235 g/mol. The van der Waals surface area contributed by atoms with Crippen molar-refractivity contribution in [1.82, 2.24) is 0 Å². The molecule has 1 aromatic rings. The van der Waals surface area contributed by atoms with Crippen LogP contribution >= 0.6 is 24.4 Å². The summed E-state index contributed by atoms with van der Waals surface area (Å²) in [6, 6.07) is 5.01. The predicted molar refractivity (Wildman–Crippen MR) is 65.2 cm³/mol. The highest BCUT2D eigenvalue weighted by Crippen LogP contribution is 2.22. The molecule has 0 fully saturated rings. The fourth-order valence-corrected chi connectivity index (χ4v) is 1.18. The van der Waals surface area contributed by atoms with Gasteiger partial charge in [0.05, 0.1) is 27.9 Å². The lowest BCUT2D eigenvalue weighted by Crippen LogP contribution is -1.81. The molecule has 0 aliphatic heterocycles. The standard InChI is InChI=1S/C9H5N3OS2/c13-12-4-7-3-8(10-5-14)1-2-9(7)11-6-15/h1-4,13H/b12-4+. The van der Waals surface area contributed by atoms with Crippen molar-refractivity contribution in [2.24, 2.45) is 15.1 Å². The zero-order chi connectivity index (χ0) is 11.1. The van der Waals surface area contributed by atoms with Crippen molar-refractivity contribution < 1.29 is 5.21 Å². The molecule has 0 saturated heterocycles. The van der Waals surface area contributed by atoms with Crippen molar-refractivity contribution >= 4 is 52.3 Å².